The maximum atomic E-state index is 12.5. The Bertz CT molecular complexity index is 572. The van der Waals surface area contributed by atoms with Gasteiger partial charge in [0.1, 0.15) is 0 Å². The van der Waals surface area contributed by atoms with E-state index >= 15 is 0 Å². The summed E-state index contributed by atoms with van der Waals surface area (Å²) in [5.74, 6) is -0.295. The van der Waals surface area contributed by atoms with Crippen molar-refractivity contribution in [3.8, 4) is 0 Å². The van der Waals surface area contributed by atoms with Gasteiger partial charge in [-0.2, -0.15) is 0 Å². The first kappa shape index (κ1) is 16.7. The molecule has 1 atom stereocenters. The number of carboxylic acid groups (broad SMARTS) is 1. The number of nitrogens with one attached hydrogen (secondary N) is 1. The number of rotatable bonds is 4. The number of carbonyl (C=O) groups excluding carboxylic acids is 1. The highest BCUT2D eigenvalue weighted by molar-refractivity contribution is 5.79. The second kappa shape index (κ2) is 7.59. The van der Waals surface area contributed by atoms with Crippen LogP contribution in [0.3, 0.4) is 0 Å². The van der Waals surface area contributed by atoms with E-state index in [9.17, 15) is 9.59 Å². The Kier molecular flexibility index (Phi) is 5.27. The van der Waals surface area contributed by atoms with Gasteiger partial charge in [-0.1, -0.05) is 0 Å². The number of amides is 1. The van der Waals surface area contributed by atoms with Crippen molar-refractivity contribution in [2.24, 2.45) is 11.8 Å². The zero-order valence-corrected chi connectivity index (χ0v) is 13.7. The van der Waals surface area contributed by atoms with Crippen molar-refractivity contribution in [3.63, 3.8) is 0 Å². The van der Waals surface area contributed by atoms with Gasteiger partial charge >= 0.3 is 5.97 Å². The summed E-state index contributed by atoms with van der Waals surface area (Å²) in [4.78, 5) is 34.1. The Morgan fingerprint density at radius 1 is 1.08 bits per heavy atom. The minimum Gasteiger partial charge on any atom is -0.481 e. The molecule has 0 radical (unpaired) electrons. The lowest BCUT2D eigenvalue weighted by Crippen LogP contribution is -2.50. The van der Waals surface area contributed by atoms with Gasteiger partial charge in [-0.15, -0.1) is 0 Å². The molecule has 24 heavy (non-hydrogen) atoms. The molecule has 2 N–H and O–H groups in total. The van der Waals surface area contributed by atoms with Crippen LogP contribution < -0.4 is 10.2 Å². The van der Waals surface area contributed by atoms with Crippen LogP contribution in [-0.2, 0) is 9.59 Å². The highest BCUT2D eigenvalue weighted by Gasteiger charge is 2.31. The predicted molar refractivity (Wildman–Crippen MR) is 88.5 cm³/mol. The summed E-state index contributed by atoms with van der Waals surface area (Å²) in [6.07, 6.45) is 7.94. The molecule has 2 heterocycles. The molecule has 1 amide bonds. The van der Waals surface area contributed by atoms with E-state index in [1.807, 2.05) is 0 Å². The molecule has 1 aliphatic carbocycles. The molecule has 7 nitrogen and oxygen atoms in total. The fourth-order valence-electron chi connectivity index (χ4n) is 3.65. The van der Waals surface area contributed by atoms with E-state index in [0.717, 1.165) is 25.9 Å². The van der Waals surface area contributed by atoms with Crippen molar-refractivity contribution in [2.45, 2.75) is 44.6 Å². The maximum Gasteiger partial charge on any atom is 0.306 e. The van der Waals surface area contributed by atoms with Crippen LogP contribution in [0.1, 0.15) is 38.5 Å². The standard InChI is InChI=1S/C17H24N4O3/c22-15(12-4-6-13(7-5-12)16(23)24)20-14-3-1-10-21(11-14)17-18-8-2-9-19-17/h2,8-9,12-14H,1,3-7,10-11H2,(H,20,22)(H,23,24). The van der Waals surface area contributed by atoms with Gasteiger partial charge in [0.25, 0.3) is 0 Å². The molecule has 1 saturated carbocycles. The van der Waals surface area contributed by atoms with Gasteiger partial charge in [0.15, 0.2) is 0 Å². The zero-order chi connectivity index (χ0) is 16.9. The number of hydrogen-bond acceptors (Lipinski definition) is 5. The third-order valence-electron chi connectivity index (χ3n) is 5.05. The largest absolute Gasteiger partial charge is 0.481 e. The SMILES string of the molecule is O=C(O)C1CCC(C(=O)NC2CCCN(c3ncccn3)C2)CC1. The number of anilines is 1. The predicted octanol–water partition coefficient (Wildman–Crippen LogP) is 1.45. The van der Waals surface area contributed by atoms with Crippen LogP contribution in [0.25, 0.3) is 0 Å². The number of hydrogen-bond donors (Lipinski definition) is 2. The number of aromatic nitrogens is 2. The normalized spacial score (nSPS) is 27.5. The summed E-state index contributed by atoms with van der Waals surface area (Å²) in [6.45, 7) is 1.63. The van der Waals surface area contributed by atoms with E-state index in [0.29, 0.717) is 31.6 Å². The van der Waals surface area contributed by atoms with Gasteiger partial charge in [-0.25, -0.2) is 9.97 Å². The van der Waals surface area contributed by atoms with Gasteiger partial charge in [0.2, 0.25) is 11.9 Å². The van der Waals surface area contributed by atoms with Crippen molar-refractivity contribution >= 4 is 17.8 Å². The smallest absolute Gasteiger partial charge is 0.306 e. The van der Waals surface area contributed by atoms with E-state index in [2.05, 4.69) is 20.2 Å². The molecule has 1 unspecified atom stereocenters. The van der Waals surface area contributed by atoms with Crippen LogP contribution in [0.2, 0.25) is 0 Å². The summed E-state index contributed by atoms with van der Waals surface area (Å²) < 4.78 is 0. The monoisotopic (exact) mass is 332 g/mol. The number of aliphatic carboxylic acids is 1. The van der Waals surface area contributed by atoms with Crippen LogP contribution >= 0.6 is 0 Å². The van der Waals surface area contributed by atoms with Gasteiger partial charge in [0, 0.05) is 37.4 Å². The maximum absolute atomic E-state index is 12.5. The summed E-state index contributed by atoms with van der Waals surface area (Å²) in [5.41, 5.74) is 0. The Balaban J connectivity index is 1.50. The van der Waals surface area contributed by atoms with E-state index < -0.39 is 5.97 Å². The van der Waals surface area contributed by atoms with E-state index in [-0.39, 0.29) is 23.8 Å². The third kappa shape index (κ3) is 4.01. The molecule has 1 saturated heterocycles. The van der Waals surface area contributed by atoms with E-state index in [4.69, 9.17) is 5.11 Å². The van der Waals surface area contributed by atoms with Gasteiger partial charge in [-0.05, 0) is 44.6 Å². The van der Waals surface area contributed by atoms with Crippen LogP contribution in [0.5, 0.6) is 0 Å². The summed E-state index contributed by atoms with van der Waals surface area (Å²) in [6, 6.07) is 1.90. The fraction of sp³-hybridized carbons (Fsp3) is 0.647. The fourth-order valence-corrected chi connectivity index (χ4v) is 3.65. The van der Waals surface area contributed by atoms with Crippen LogP contribution in [0.4, 0.5) is 5.95 Å². The number of piperidine rings is 1. The second-order valence-electron chi connectivity index (χ2n) is 6.73. The summed E-state index contributed by atoms with van der Waals surface area (Å²) in [5, 5.41) is 12.2. The quantitative estimate of drug-likeness (QED) is 0.866. The first-order valence-electron chi connectivity index (χ1n) is 8.68. The van der Waals surface area contributed by atoms with Gasteiger partial charge in [-0.3, -0.25) is 9.59 Å². The lowest BCUT2D eigenvalue weighted by Gasteiger charge is -2.34. The minimum atomic E-state index is -0.736. The van der Waals surface area contributed by atoms with Crippen LogP contribution in [0.15, 0.2) is 18.5 Å². The van der Waals surface area contributed by atoms with Crippen LogP contribution in [-0.4, -0.2) is 46.1 Å². The molecule has 7 heteroatoms. The highest BCUT2D eigenvalue weighted by Crippen LogP contribution is 2.29. The zero-order valence-electron chi connectivity index (χ0n) is 13.7. The third-order valence-corrected chi connectivity index (χ3v) is 5.05. The first-order chi connectivity index (χ1) is 11.6. The molecule has 130 valence electrons. The average molecular weight is 332 g/mol. The molecule has 1 aliphatic heterocycles. The Morgan fingerprint density at radius 3 is 2.42 bits per heavy atom. The average Bonchev–Trinajstić information content (AvgIpc) is 2.63. The molecule has 0 spiro atoms. The Labute approximate surface area is 141 Å². The molecule has 1 aromatic heterocycles. The van der Waals surface area contributed by atoms with Crippen molar-refractivity contribution < 1.29 is 14.7 Å². The minimum absolute atomic E-state index is 0.0519. The molecule has 2 fully saturated rings. The molecular formula is C17H24N4O3. The first-order valence-corrected chi connectivity index (χ1v) is 8.68. The Morgan fingerprint density at radius 2 is 1.75 bits per heavy atom. The van der Waals surface area contributed by atoms with Crippen LogP contribution in [0, 0.1) is 11.8 Å². The number of carbonyl (C=O) groups is 2. The highest BCUT2D eigenvalue weighted by atomic mass is 16.4. The molecule has 0 aromatic carbocycles. The number of carboxylic acids is 1. The topological polar surface area (TPSA) is 95.4 Å². The molecule has 3 rings (SSSR count). The molecule has 0 bridgehead atoms. The molecular weight excluding hydrogens is 308 g/mol. The summed E-state index contributed by atoms with van der Waals surface area (Å²) in [7, 11) is 0. The van der Waals surface area contributed by atoms with Crippen molar-refractivity contribution in [3.05, 3.63) is 18.5 Å². The number of nitrogens with zero attached hydrogens (tertiary/aromatic N) is 3. The van der Waals surface area contributed by atoms with E-state index in [1.165, 1.54) is 0 Å². The van der Waals surface area contributed by atoms with Crippen molar-refractivity contribution in [1.82, 2.24) is 15.3 Å². The summed E-state index contributed by atoms with van der Waals surface area (Å²) >= 11 is 0. The molecule has 2 aliphatic rings. The van der Waals surface area contributed by atoms with Crippen molar-refractivity contribution in [2.75, 3.05) is 18.0 Å². The molecule has 1 aromatic rings. The lowest BCUT2D eigenvalue weighted by molar-refractivity contribution is -0.144. The van der Waals surface area contributed by atoms with Gasteiger partial charge < -0.3 is 15.3 Å². The Hall–Kier alpha value is -2.18. The van der Waals surface area contributed by atoms with Crippen molar-refractivity contribution in [1.29, 1.82) is 0 Å². The lowest BCUT2D eigenvalue weighted by atomic mass is 9.81. The van der Waals surface area contributed by atoms with E-state index in [1.54, 1.807) is 18.5 Å². The second-order valence-corrected chi connectivity index (χ2v) is 6.73. The van der Waals surface area contributed by atoms with Gasteiger partial charge in [0.05, 0.1) is 5.92 Å².